The first-order valence-corrected chi connectivity index (χ1v) is 6.94. The van der Waals surface area contributed by atoms with Crippen LogP contribution in [-0.4, -0.2) is 30.4 Å². The largest absolute Gasteiger partial charge is 0.339 e. The highest BCUT2D eigenvalue weighted by Crippen LogP contribution is 2.23. The number of carbonyl (C=O) groups is 1. The van der Waals surface area contributed by atoms with Crippen LogP contribution in [-0.2, 0) is 0 Å². The zero-order valence-corrected chi connectivity index (χ0v) is 11.5. The van der Waals surface area contributed by atoms with Gasteiger partial charge in [-0.2, -0.15) is 0 Å². The summed E-state index contributed by atoms with van der Waals surface area (Å²) in [6.07, 6.45) is 2.88. The van der Waals surface area contributed by atoms with E-state index in [4.69, 9.17) is 17.3 Å². The molecule has 5 heteroatoms. The van der Waals surface area contributed by atoms with E-state index < -0.39 is 5.82 Å². The molecule has 19 heavy (non-hydrogen) atoms. The monoisotopic (exact) mass is 284 g/mol. The highest BCUT2D eigenvalue weighted by molar-refractivity contribution is 6.30. The lowest BCUT2D eigenvalue weighted by Crippen LogP contribution is -2.39. The van der Waals surface area contributed by atoms with Crippen LogP contribution in [0, 0.1) is 11.7 Å². The van der Waals surface area contributed by atoms with Gasteiger partial charge in [-0.3, -0.25) is 4.79 Å². The fourth-order valence-electron chi connectivity index (χ4n) is 2.49. The standard InChI is InChI=1S/C14H18ClFN2O/c15-11-1-2-12(13(16)9-11)14(19)18-7-4-10(3-6-17)5-8-18/h1-2,9-10H,3-8,17H2. The fraction of sp³-hybridized carbons (Fsp3) is 0.500. The molecule has 3 nitrogen and oxygen atoms in total. The van der Waals surface area contributed by atoms with Gasteiger partial charge in [0.25, 0.3) is 5.91 Å². The molecule has 1 heterocycles. The summed E-state index contributed by atoms with van der Waals surface area (Å²) in [4.78, 5) is 13.9. The van der Waals surface area contributed by atoms with E-state index in [0.29, 0.717) is 30.6 Å². The van der Waals surface area contributed by atoms with Gasteiger partial charge in [-0.25, -0.2) is 4.39 Å². The Morgan fingerprint density at radius 1 is 1.42 bits per heavy atom. The number of carbonyl (C=O) groups excluding carboxylic acids is 1. The van der Waals surface area contributed by atoms with E-state index in [-0.39, 0.29) is 11.5 Å². The fourth-order valence-corrected chi connectivity index (χ4v) is 2.65. The minimum absolute atomic E-state index is 0.0988. The molecule has 1 aromatic rings. The summed E-state index contributed by atoms with van der Waals surface area (Å²) in [5.74, 6) is -0.217. The van der Waals surface area contributed by atoms with Crippen LogP contribution < -0.4 is 5.73 Å². The Labute approximate surface area is 117 Å². The zero-order valence-electron chi connectivity index (χ0n) is 10.7. The molecule has 0 spiro atoms. The summed E-state index contributed by atoms with van der Waals surface area (Å²) in [6.45, 7) is 2.03. The molecule has 1 aliphatic heterocycles. The second-order valence-electron chi connectivity index (χ2n) is 4.94. The number of benzene rings is 1. The van der Waals surface area contributed by atoms with E-state index in [0.717, 1.165) is 19.3 Å². The SMILES string of the molecule is NCCC1CCN(C(=O)c2ccc(Cl)cc2F)CC1. The summed E-state index contributed by atoms with van der Waals surface area (Å²) in [6, 6.07) is 4.17. The van der Waals surface area contributed by atoms with E-state index in [1.165, 1.54) is 12.1 Å². The first kappa shape index (κ1) is 14.3. The molecule has 104 valence electrons. The van der Waals surface area contributed by atoms with Crippen molar-refractivity contribution in [3.8, 4) is 0 Å². The Hall–Kier alpha value is -1.13. The number of likely N-dealkylation sites (tertiary alicyclic amines) is 1. The summed E-state index contributed by atoms with van der Waals surface area (Å²) in [5, 5.41) is 0.302. The summed E-state index contributed by atoms with van der Waals surface area (Å²) >= 11 is 5.68. The Balaban J connectivity index is 2.01. The lowest BCUT2D eigenvalue weighted by Gasteiger charge is -2.32. The van der Waals surface area contributed by atoms with Gasteiger partial charge in [0, 0.05) is 18.1 Å². The summed E-state index contributed by atoms with van der Waals surface area (Å²) in [5.41, 5.74) is 5.64. The van der Waals surface area contributed by atoms with Gasteiger partial charge < -0.3 is 10.6 Å². The molecule has 0 radical (unpaired) electrons. The van der Waals surface area contributed by atoms with Gasteiger partial charge in [0.05, 0.1) is 5.56 Å². The van der Waals surface area contributed by atoms with Crippen LogP contribution in [0.1, 0.15) is 29.6 Å². The normalized spacial score (nSPS) is 16.7. The summed E-state index contributed by atoms with van der Waals surface area (Å²) < 4.78 is 13.7. The van der Waals surface area contributed by atoms with Gasteiger partial charge in [0.2, 0.25) is 0 Å². The quantitative estimate of drug-likeness (QED) is 0.927. The molecule has 1 saturated heterocycles. The third kappa shape index (κ3) is 3.45. The van der Waals surface area contributed by atoms with Crippen LogP contribution >= 0.6 is 11.6 Å². The maximum Gasteiger partial charge on any atom is 0.256 e. The third-order valence-electron chi connectivity index (χ3n) is 3.64. The van der Waals surface area contributed by atoms with Crippen molar-refractivity contribution in [1.82, 2.24) is 4.90 Å². The van der Waals surface area contributed by atoms with Crippen molar-refractivity contribution < 1.29 is 9.18 Å². The molecule has 1 aromatic carbocycles. The van der Waals surface area contributed by atoms with Crippen molar-refractivity contribution in [1.29, 1.82) is 0 Å². The van der Waals surface area contributed by atoms with Crippen LogP contribution in [0.4, 0.5) is 4.39 Å². The Kier molecular flexibility index (Phi) is 4.77. The number of hydrogen-bond acceptors (Lipinski definition) is 2. The molecular formula is C14H18ClFN2O. The van der Waals surface area contributed by atoms with Crippen LogP contribution in [0.2, 0.25) is 5.02 Å². The van der Waals surface area contributed by atoms with E-state index >= 15 is 0 Å². The van der Waals surface area contributed by atoms with E-state index in [1.807, 2.05) is 0 Å². The highest BCUT2D eigenvalue weighted by Gasteiger charge is 2.24. The van der Waals surface area contributed by atoms with Crippen LogP contribution in [0.15, 0.2) is 18.2 Å². The van der Waals surface area contributed by atoms with E-state index in [2.05, 4.69) is 0 Å². The van der Waals surface area contributed by atoms with E-state index in [1.54, 1.807) is 11.0 Å². The summed E-state index contributed by atoms with van der Waals surface area (Å²) in [7, 11) is 0. The van der Waals surface area contributed by atoms with E-state index in [9.17, 15) is 9.18 Å². The zero-order chi connectivity index (χ0) is 13.8. The molecule has 0 unspecified atom stereocenters. The minimum atomic E-state index is -0.554. The number of amides is 1. The number of nitrogens with zero attached hydrogens (tertiary/aromatic N) is 1. The highest BCUT2D eigenvalue weighted by atomic mass is 35.5. The molecular weight excluding hydrogens is 267 g/mol. The molecule has 0 saturated carbocycles. The molecule has 1 amide bonds. The number of nitrogens with two attached hydrogens (primary N) is 1. The smallest absolute Gasteiger partial charge is 0.256 e. The number of piperidine rings is 1. The first-order chi connectivity index (χ1) is 9.11. The Bertz CT molecular complexity index is 459. The van der Waals surface area contributed by atoms with Gasteiger partial charge in [-0.1, -0.05) is 11.6 Å². The predicted molar refractivity (Wildman–Crippen MR) is 73.7 cm³/mol. The van der Waals surface area contributed by atoms with Crippen molar-refractivity contribution in [3.63, 3.8) is 0 Å². The van der Waals surface area contributed by atoms with Crippen molar-refractivity contribution in [3.05, 3.63) is 34.6 Å². The van der Waals surface area contributed by atoms with Gasteiger partial charge >= 0.3 is 0 Å². The Morgan fingerprint density at radius 3 is 2.68 bits per heavy atom. The van der Waals surface area contributed by atoms with Gasteiger partial charge in [0.1, 0.15) is 5.82 Å². The molecule has 0 atom stereocenters. The lowest BCUT2D eigenvalue weighted by atomic mass is 9.93. The molecule has 1 aliphatic rings. The first-order valence-electron chi connectivity index (χ1n) is 6.56. The third-order valence-corrected chi connectivity index (χ3v) is 3.87. The van der Waals surface area contributed by atoms with Crippen LogP contribution in [0.5, 0.6) is 0 Å². The van der Waals surface area contributed by atoms with Gasteiger partial charge in [-0.05, 0) is 49.9 Å². The van der Waals surface area contributed by atoms with Gasteiger partial charge in [0.15, 0.2) is 0 Å². The Morgan fingerprint density at radius 2 is 2.11 bits per heavy atom. The minimum Gasteiger partial charge on any atom is -0.339 e. The molecule has 2 rings (SSSR count). The molecule has 1 fully saturated rings. The molecule has 0 aliphatic carbocycles. The second kappa shape index (κ2) is 6.35. The van der Waals surface area contributed by atoms with Crippen LogP contribution in [0.25, 0.3) is 0 Å². The number of halogens is 2. The molecule has 2 N–H and O–H groups in total. The predicted octanol–water partition coefficient (Wildman–Crippen LogP) is 2.68. The molecule has 0 aromatic heterocycles. The maximum atomic E-state index is 13.7. The number of hydrogen-bond donors (Lipinski definition) is 1. The average Bonchev–Trinajstić information content (AvgIpc) is 2.39. The van der Waals surface area contributed by atoms with Gasteiger partial charge in [-0.15, -0.1) is 0 Å². The van der Waals surface area contributed by atoms with Crippen molar-refractivity contribution in [2.24, 2.45) is 11.7 Å². The molecule has 0 bridgehead atoms. The van der Waals surface area contributed by atoms with Crippen molar-refractivity contribution in [2.75, 3.05) is 19.6 Å². The maximum absolute atomic E-state index is 13.7. The van der Waals surface area contributed by atoms with Crippen molar-refractivity contribution in [2.45, 2.75) is 19.3 Å². The average molecular weight is 285 g/mol. The number of rotatable bonds is 3. The lowest BCUT2D eigenvalue weighted by molar-refractivity contribution is 0.0683. The second-order valence-corrected chi connectivity index (χ2v) is 5.37. The van der Waals surface area contributed by atoms with Crippen LogP contribution in [0.3, 0.4) is 0 Å². The topological polar surface area (TPSA) is 46.3 Å². The van der Waals surface area contributed by atoms with Crippen molar-refractivity contribution >= 4 is 17.5 Å².